The predicted molar refractivity (Wildman–Crippen MR) is 298 cm³/mol. The first kappa shape index (κ1) is 38.3. The molecule has 0 amide bonds. The quantitative estimate of drug-likeness (QED) is 0.151. The average Bonchev–Trinajstić information content (AvgIpc) is 3.93. The normalized spacial score (nSPS) is 12.1. The second-order valence-electron chi connectivity index (χ2n) is 19.0. The first-order chi connectivity index (χ1) is 34.2. The lowest BCUT2D eigenvalue weighted by molar-refractivity contribution is 1.50. The van der Waals surface area contributed by atoms with Gasteiger partial charge in [-0.2, -0.15) is 0 Å². The van der Waals surface area contributed by atoms with Gasteiger partial charge in [-0.15, -0.1) is 0 Å². The van der Waals surface area contributed by atoms with Crippen LogP contribution in [0.4, 0.5) is 0 Å². The Morgan fingerprint density at radius 1 is 0.203 bits per heavy atom. The van der Waals surface area contributed by atoms with Gasteiger partial charge in [-0.3, -0.25) is 0 Å². The lowest BCUT2D eigenvalue weighted by atomic mass is 9.83. The van der Waals surface area contributed by atoms with Crippen LogP contribution in [0.2, 0.25) is 0 Å². The molecule has 0 saturated carbocycles. The van der Waals surface area contributed by atoms with Crippen LogP contribution in [0.1, 0.15) is 5.56 Å². The molecule has 0 radical (unpaired) electrons. The smallest absolute Gasteiger partial charge is 0.000719 e. The number of hydrogen-bond acceptors (Lipinski definition) is 0. The molecule has 0 bridgehead atoms. The van der Waals surface area contributed by atoms with E-state index >= 15 is 0 Å². The van der Waals surface area contributed by atoms with Crippen molar-refractivity contribution in [3.63, 3.8) is 0 Å². The molecule has 0 fully saturated rings. The van der Waals surface area contributed by atoms with Crippen molar-refractivity contribution < 1.29 is 0 Å². The Morgan fingerprint density at radius 2 is 0.696 bits per heavy atom. The summed E-state index contributed by atoms with van der Waals surface area (Å²) in [5, 5.41) is 23.3. The van der Waals surface area contributed by atoms with Crippen LogP contribution in [0.25, 0.3) is 153 Å². The van der Waals surface area contributed by atoms with Crippen LogP contribution in [0, 0.1) is 6.92 Å². The third-order valence-corrected chi connectivity index (χ3v) is 15.4. The van der Waals surface area contributed by atoms with Gasteiger partial charge in [0.2, 0.25) is 0 Å². The fraction of sp³-hybridized carbons (Fsp3) is 0.0145. The second-order valence-corrected chi connectivity index (χ2v) is 19.0. The topological polar surface area (TPSA) is 0 Å². The maximum absolute atomic E-state index is 2.60. The van der Waals surface area contributed by atoms with Crippen LogP contribution in [-0.2, 0) is 0 Å². The minimum absolute atomic E-state index is 1.22. The lowest BCUT2D eigenvalue weighted by Gasteiger charge is -2.19. The van der Waals surface area contributed by atoms with Crippen LogP contribution < -0.4 is 0 Å². The summed E-state index contributed by atoms with van der Waals surface area (Å²) in [6, 6.07) is 88.9. The summed E-state index contributed by atoms with van der Waals surface area (Å²) < 4.78 is 0. The monoisotopic (exact) mass is 870 g/mol. The van der Waals surface area contributed by atoms with E-state index in [2.05, 4.69) is 244 Å². The van der Waals surface area contributed by atoms with Crippen molar-refractivity contribution in [3.8, 4) is 55.6 Å². The summed E-state index contributed by atoms with van der Waals surface area (Å²) in [6.45, 7) is 2.27. The molecule has 0 heteroatoms. The van der Waals surface area contributed by atoms with E-state index in [0.29, 0.717) is 0 Å². The van der Waals surface area contributed by atoms with E-state index in [1.807, 2.05) is 0 Å². The SMILES string of the molecule is Cc1ccc2ccccc2c1-c1ccc2c3c(-c4ccccc4)c4c(cc5c6c(-c7ccccc7)ccc(-c7ccccc7)c6c6cccc4c65)c(-c4ccc5ccccc5c4)c3c3cccc1c32. The summed E-state index contributed by atoms with van der Waals surface area (Å²) >= 11 is 0. The van der Waals surface area contributed by atoms with Crippen molar-refractivity contribution in [3.05, 3.63) is 242 Å². The standard InChI is InChI=1S/C69H42/c1-41-31-32-45-22-13-14-26-49(45)60(41)53-37-38-57-63-52(53)27-15-30-56(63)68-61(48-34-33-42-17-11-12-25-47(42)39-48)58-40-59-64-54(28-16-29-55(64)67(58)62(69(57)68)46-23-9-4-10-24-46)65-50(43-18-5-2-6-19-43)35-36-51(66(59)65)44-20-7-3-8-21-44/h2-40H,1H3. The van der Waals surface area contributed by atoms with Crippen molar-refractivity contribution >= 4 is 97.0 Å². The molecule has 69 heavy (non-hydrogen) atoms. The second kappa shape index (κ2) is 14.6. The molecule has 0 nitrogen and oxygen atoms in total. The maximum Gasteiger partial charge on any atom is -0.000719 e. The first-order valence-electron chi connectivity index (χ1n) is 24.2. The van der Waals surface area contributed by atoms with Crippen LogP contribution >= 0.6 is 0 Å². The first-order valence-corrected chi connectivity index (χ1v) is 24.2. The fourth-order valence-corrected chi connectivity index (χ4v) is 12.6. The molecule has 15 aromatic carbocycles. The summed E-state index contributed by atoms with van der Waals surface area (Å²) in [4.78, 5) is 0. The maximum atomic E-state index is 2.60. The van der Waals surface area contributed by atoms with Gasteiger partial charge in [0, 0.05) is 0 Å². The Bertz CT molecular complexity index is 4560. The zero-order chi connectivity index (χ0) is 45.3. The molecular formula is C69H42. The Kier molecular flexibility index (Phi) is 8.09. The van der Waals surface area contributed by atoms with Crippen molar-refractivity contribution in [2.45, 2.75) is 6.92 Å². The molecule has 318 valence electrons. The Hall–Kier alpha value is -8.84. The molecule has 0 aromatic heterocycles. The number of rotatable bonds is 5. The highest BCUT2D eigenvalue weighted by molar-refractivity contribution is 6.46. The minimum Gasteiger partial charge on any atom is -0.0622 e. The summed E-state index contributed by atoms with van der Waals surface area (Å²) in [6.07, 6.45) is 0. The van der Waals surface area contributed by atoms with Crippen molar-refractivity contribution in [2.24, 2.45) is 0 Å². The van der Waals surface area contributed by atoms with Crippen molar-refractivity contribution in [1.82, 2.24) is 0 Å². The van der Waals surface area contributed by atoms with Crippen LogP contribution in [0.3, 0.4) is 0 Å². The molecule has 0 N–H and O–H groups in total. The molecule has 0 unspecified atom stereocenters. The molecule has 0 spiro atoms. The lowest BCUT2D eigenvalue weighted by Crippen LogP contribution is -1.91. The summed E-state index contributed by atoms with van der Waals surface area (Å²) in [5.74, 6) is 0. The van der Waals surface area contributed by atoms with E-state index in [-0.39, 0.29) is 0 Å². The minimum atomic E-state index is 1.22. The van der Waals surface area contributed by atoms with Gasteiger partial charge < -0.3 is 0 Å². The molecule has 0 atom stereocenters. The number of fused-ring (bicyclic) bond motifs is 10. The zero-order valence-electron chi connectivity index (χ0n) is 38.0. The highest BCUT2D eigenvalue weighted by Crippen LogP contribution is 2.57. The third-order valence-electron chi connectivity index (χ3n) is 15.4. The van der Waals surface area contributed by atoms with E-state index in [1.165, 1.54) is 158 Å². The van der Waals surface area contributed by atoms with Crippen molar-refractivity contribution in [1.29, 1.82) is 0 Å². The van der Waals surface area contributed by atoms with E-state index < -0.39 is 0 Å². The van der Waals surface area contributed by atoms with Gasteiger partial charge in [0.05, 0.1) is 0 Å². The van der Waals surface area contributed by atoms with Crippen LogP contribution in [0.15, 0.2) is 237 Å². The predicted octanol–water partition coefficient (Wildman–Crippen LogP) is 19.6. The Labute approximate surface area is 399 Å². The number of aryl methyl sites for hydroxylation is 1. The van der Waals surface area contributed by atoms with Gasteiger partial charge in [0.1, 0.15) is 0 Å². The molecule has 0 heterocycles. The molecule has 0 aliphatic heterocycles. The zero-order valence-corrected chi connectivity index (χ0v) is 38.0. The molecule has 0 aliphatic rings. The average molecular weight is 871 g/mol. The fourth-order valence-electron chi connectivity index (χ4n) is 12.6. The van der Waals surface area contributed by atoms with Gasteiger partial charge in [0.15, 0.2) is 0 Å². The molecule has 15 rings (SSSR count). The van der Waals surface area contributed by atoms with Crippen molar-refractivity contribution in [2.75, 3.05) is 0 Å². The molecular weight excluding hydrogens is 829 g/mol. The van der Waals surface area contributed by atoms with Crippen LogP contribution in [0.5, 0.6) is 0 Å². The number of benzene rings is 13. The molecule has 15 aromatic rings. The highest BCUT2D eigenvalue weighted by atomic mass is 14.3. The van der Waals surface area contributed by atoms with Gasteiger partial charge in [-0.1, -0.05) is 224 Å². The van der Waals surface area contributed by atoms with Gasteiger partial charge >= 0.3 is 0 Å². The highest BCUT2D eigenvalue weighted by Gasteiger charge is 2.28. The Morgan fingerprint density at radius 3 is 1.41 bits per heavy atom. The molecule has 0 saturated heterocycles. The Balaban J connectivity index is 1.20. The third kappa shape index (κ3) is 5.40. The van der Waals surface area contributed by atoms with Crippen LogP contribution in [-0.4, -0.2) is 0 Å². The van der Waals surface area contributed by atoms with E-state index in [9.17, 15) is 0 Å². The number of hydrogen-bond donors (Lipinski definition) is 0. The van der Waals surface area contributed by atoms with Gasteiger partial charge in [0.25, 0.3) is 0 Å². The van der Waals surface area contributed by atoms with E-state index in [1.54, 1.807) is 0 Å². The summed E-state index contributed by atoms with van der Waals surface area (Å²) in [7, 11) is 0. The largest absolute Gasteiger partial charge is 0.0622 e. The summed E-state index contributed by atoms with van der Waals surface area (Å²) in [5.41, 5.74) is 13.9. The van der Waals surface area contributed by atoms with Gasteiger partial charge in [-0.25, -0.2) is 0 Å². The van der Waals surface area contributed by atoms with E-state index in [0.717, 1.165) is 0 Å². The van der Waals surface area contributed by atoms with E-state index in [4.69, 9.17) is 0 Å². The van der Waals surface area contributed by atoms with Gasteiger partial charge in [-0.05, 0) is 177 Å². The molecule has 0 aliphatic carbocycles.